The number of amides is 2. The molecule has 2 amide bonds. The fourth-order valence-electron chi connectivity index (χ4n) is 5.12. The number of halogens is 1. The summed E-state index contributed by atoms with van der Waals surface area (Å²) in [5.74, 6) is -0.0899. The Morgan fingerprint density at radius 1 is 1.02 bits per heavy atom. The van der Waals surface area contributed by atoms with Gasteiger partial charge in [-0.1, -0.05) is 6.07 Å². The van der Waals surface area contributed by atoms with Crippen molar-refractivity contribution < 1.29 is 23.1 Å². The number of nitrogens with one attached hydrogen (secondary N) is 1. The van der Waals surface area contributed by atoms with Crippen LogP contribution in [-0.4, -0.2) is 42.0 Å². The van der Waals surface area contributed by atoms with Crippen molar-refractivity contribution in [3.8, 4) is 28.2 Å². The molecule has 0 radical (unpaired) electrons. The van der Waals surface area contributed by atoms with Crippen molar-refractivity contribution in [3.63, 3.8) is 0 Å². The predicted octanol–water partition coefficient (Wildman–Crippen LogP) is 6.18. The van der Waals surface area contributed by atoms with Crippen molar-refractivity contribution in [2.75, 3.05) is 19.1 Å². The second-order valence-electron chi connectivity index (χ2n) is 9.97. The topological polar surface area (TPSA) is 97.6 Å². The molecule has 0 bridgehead atoms. The monoisotopic (exact) mass is 550 g/mol. The summed E-state index contributed by atoms with van der Waals surface area (Å²) in [5, 5.41) is 3.29. The highest BCUT2D eigenvalue weighted by atomic mass is 19.1. The first-order valence-corrected chi connectivity index (χ1v) is 13.2. The van der Waals surface area contributed by atoms with E-state index in [4.69, 9.17) is 9.15 Å². The molecule has 8 nitrogen and oxygen atoms in total. The summed E-state index contributed by atoms with van der Waals surface area (Å²) in [4.78, 5) is 37.0. The van der Waals surface area contributed by atoms with E-state index in [-0.39, 0.29) is 23.7 Å². The van der Waals surface area contributed by atoms with Gasteiger partial charge in [-0.05, 0) is 85.0 Å². The second-order valence-corrected chi connectivity index (χ2v) is 9.97. The van der Waals surface area contributed by atoms with Gasteiger partial charge < -0.3 is 19.4 Å². The van der Waals surface area contributed by atoms with Crippen LogP contribution in [0.1, 0.15) is 39.1 Å². The van der Waals surface area contributed by atoms with Crippen molar-refractivity contribution in [2.24, 2.45) is 0 Å². The number of aryl methyl sites for hydroxylation is 1. The summed E-state index contributed by atoms with van der Waals surface area (Å²) in [5.41, 5.74) is 4.99. The Morgan fingerprint density at radius 2 is 1.73 bits per heavy atom. The number of rotatable bonds is 7. The maximum Gasteiger partial charge on any atom is 0.262 e. The second kappa shape index (κ2) is 10.5. The number of carbonyl (C=O) groups excluding carboxylic acids is 2. The number of fused-ring (bicyclic) bond motifs is 1. The molecule has 1 aliphatic rings. The van der Waals surface area contributed by atoms with E-state index in [1.165, 1.54) is 18.5 Å². The number of aromatic nitrogens is 2. The van der Waals surface area contributed by atoms with Crippen LogP contribution in [0.15, 0.2) is 77.7 Å². The van der Waals surface area contributed by atoms with Crippen LogP contribution >= 0.6 is 0 Å². The van der Waals surface area contributed by atoms with Gasteiger partial charge in [-0.15, -0.1) is 0 Å². The lowest BCUT2D eigenvalue weighted by molar-refractivity contribution is 0.0961. The van der Waals surface area contributed by atoms with Gasteiger partial charge in [0.2, 0.25) is 0 Å². The van der Waals surface area contributed by atoms with Crippen molar-refractivity contribution >= 4 is 28.5 Å². The summed E-state index contributed by atoms with van der Waals surface area (Å²) in [7, 11) is 3.09. The average molecular weight is 551 g/mol. The highest BCUT2D eigenvalue weighted by Crippen LogP contribution is 2.39. The van der Waals surface area contributed by atoms with Crippen LogP contribution in [0.25, 0.3) is 33.4 Å². The number of hydrogen-bond donors (Lipinski definition) is 1. The van der Waals surface area contributed by atoms with Gasteiger partial charge in [0.05, 0.1) is 36.3 Å². The lowest BCUT2D eigenvalue weighted by Gasteiger charge is -2.23. The van der Waals surface area contributed by atoms with Gasteiger partial charge >= 0.3 is 0 Å². The molecule has 0 saturated heterocycles. The third-order valence-corrected chi connectivity index (χ3v) is 7.29. The first-order valence-electron chi connectivity index (χ1n) is 13.2. The molecule has 5 aromatic rings. The number of carbonyl (C=O) groups is 2. The first-order chi connectivity index (χ1) is 19.9. The molecule has 1 saturated carbocycles. The fraction of sp³-hybridized carbons (Fsp3) is 0.188. The molecule has 9 heteroatoms. The van der Waals surface area contributed by atoms with Crippen molar-refractivity contribution in [1.29, 1.82) is 0 Å². The third-order valence-electron chi connectivity index (χ3n) is 7.29. The molecule has 2 aromatic heterocycles. The lowest BCUT2D eigenvalue weighted by Crippen LogP contribution is -2.33. The van der Waals surface area contributed by atoms with Gasteiger partial charge in [0, 0.05) is 24.0 Å². The molecule has 0 spiro atoms. The number of nitrogens with zero attached hydrogens (tertiary/aromatic N) is 3. The van der Waals surface area contributed by atoms with Crippen molar-refractivity contribution in [1.82, 2.24) is 15.3 Å². The molecule has 1 N–H and O–H groups in total. The van der Waals surface area contributed by atoms with Crippen LogP contribution in [0.4, 0.5) is 10.1 Å². The van der Waals surface area contributed by atoms with Crippen LogP contribution < -0.4 is 15.0 Å². The number of hydrogen-bond acceptors (Lipinski definition) is 6. The Labute approximate surface area is 235 Å². The molecule has 0 aliphatic heterocycles. The van der Waals surface area contributed by atoms with Crippen LogP contribution in [0, 0.1) is 12.7 Å². The average Bonchev–Trinajstić information content (AvgIpc) is 3.76. The van der Waals surface area contributed by atoms with Crippen LogP contribution in [0.2, 0.25) is 0 Å². The van der Waals surface area contributed by atoms with E-state index in [1.807, 2.05) is 31.2 Å². The molecular formula is C32H27FN4O4. The quantitative estimate of drug-likeness (QED) is 0.260. The number of furan rings is 1. The summed E-state index contributed by atoms with van der Waals surface area (Å²) in [6, 6.07) is 15.1. The largest absolute Gasteiger partial charge is 0.496 e. The SMILES string of the molecule is CNC(=O)c1c(-c2ccc(F)cc2)oc2ccc(-c3cc(C(=O)N(c4cncnc4)C4CC4)c(OC)cc3C)cc12. The predicted molar refractivity (Wildman–Crippen MR) is 154 cm³/mol. The number of anilines is 1. The number of benzene rings is 3. The normalized spacial score (nSPS) is 12.8. The van der Waals surface area contributed by atoms with Crippen molar-refractivity contribution in [2.45, 2.75) is 25.8 Å². The first kappa shape index (κ1) is 26.2. The number of ether oxygens (including phenoxy) is 1. The third kappa shape index (κ3) is 4.80. The zero-order valence-corrected chi connectivity index (χ0v) is 22.8. The summed E-state index contributed by atoms with van der Waals surface area (Å²) in [6.07, 6.45) is 6.51. The minimum atomic E-state index is -0.381. The van der Waals surface area contributed by atoms with Gasteiger partial charge in [0.15, 0.2) is 0 Å². The fourth-order valence-corrected chi connectivity index (χ4v) is 5.12. The molecule has 6 rings (SSSR count). The highest BCUT2D eigenvalue weighted by Gasteiger charge is 2.36. The minimum absolute atomic E-state index is 0.0743. The number of methoxy groups -OCH3 is 1. The maximum atomic E-state index is 14.0. The van der Waals surface area contributed by atoms with Gasteiger partial charge in [0.25, 0.3) is 11.8 Å². The highest BCUT2D eigenvalue weighted by molar-refractivity contribution is 6.12. The molecule has 1 fully saturated rings. The summed E-state index contributed by atoms with van der Waals surface area (Å²) >= 11 is 0. The molecule has 41 heavy (non-hydrogen) atoms. The van der Waals surface area contributed by atoms with E-state index < -0.39 is 0 Å². The molecule has 0 atom stereocenters. The van der Waals surface area contributed by atoms with Crippen molar-refractivity contribution in [3.05, 3.63) is 95.8 Å². The van der Waals surface area contributed by atoms with E-state index in [0.717, 1.165) is 29.5 Å². The molecular weight excluding hydrogens is 523 g/mol. The van der Waals surface area contributed by atoms with Gasteiger partial charge in [-0.25, -0.2) is 14.4 Å². The van der Waals surface area contributed by atoms with E-state index in [0.29, 0.717) is 44.9 Å². The smallest absolute Gasteiger partial charge is 0.262 e. The molecule has 0 unspecified atom stereocenters. The maximum absolute atomic E-state index is 14.0. The van der Waals surface area contributed by atoms with Crippen LogP contribution in [0.3, 0.4) is 0 Å². The standard InChI is InChI=1S/C32H27FN4O4/c1-18-12-28(40-3)26(32(39)37(22-9-10-22)23-15-35-17-36-16-23)14-24(18)20-6-11-27-25(13-20)29(31(38)34-2)30(41-27)19-4-7-21(33)8-5-19/h4-8,11-17,22H,9-10H2,1-3H3,(H,34,38). The Balaban J connectivity index is 1.48. The molecule has 206 valence electrons. The minimum Gasteiger partial charge on any atom is -0.496 e. The van der Waals surface area contributed by atoms with E-state index in [2.05, 4.69) is 15.3 Å². The molecule has 3 aromatic carbocycles. The van der Waals surface area contributed by atoms with Crippen LogP contribution in [0.5, 0.6) is 5.75 Å². The summed E-state index contributed by atoms with van der Waals surface area (Å²) < 4.78 is 25.3. The molecule has 1 aliphatic carbocycles. The zero-order valence-electron chi connectivity index (χ0n) is 22.8. The Morgan fingerprint density at radius 3 is 2.39 bits per heavy atom. The van der Waals surface area contributed by atoms with E-state index in [1.54, 1.807) is 49.7 Å². The van der Waals surface area contributed by atoms with Crippen LogP contribution in [-0.2, 0) is 0 Å². The lowest BCUT2D eigenvalue weighted by atomic mass is 9.94. The molecule has 2 heterocycles. The van der Waals surface area contributed by atoms with Gasteiger partial charge in [-0.3, -0.25) is 9.59 Å². The van der Waals surface area contributed by atoms with E-state index in [9.17, 15) is 14.0 Å². The van der Waals surface area contributed by atoms with Gasteiger partial charge in [-0.2, -0.15) is 0 Å². The Bertz CT molecular complexity index is 1780. The van der Waals surface area contributed by atoms with Gasteiger partial charge in [0.1, 0.15) is 29.2 Å². The Hall–Kier alpha value is -5.05. The van der Waals surface area contributed by atoms with E-state index >= 15 is 0 Å². The Kier molecular flexibility index (Phi) is 6.70. The summed E-state index contributed by atoms with van der Waals surface area (Å²) in [6.45, 7) is 1.94. The zero-order chi connectivity index (χ0) is 28.7.